The van der Waals surface area contributed by atoms with Gasteiger partial charge in [-0.1, -0.05) is 18.2 Å². The van der Waals surface area contributed by atoms with Crippen molar-refractivity contribution < 1.29 is 18.6 Å². The van der Waals surface area contributed by atoms with Gasteiger partial charge in [0.2, 0.25) is 0 Å². The van der Waals surface area contributed by atoms with Crippen molar-refractivity contribution in [3.05, 3.63) is 29.8 Å². The van der Waals surface area contributed by atoms with Gasteiger partial charge in [-0.2, -0.15) is 8.78 Å². The summed E-state index contributed by atoms with van der Waals surface area (Å²) in [6, 6.07) is 6.33. The zero-order valence-electron chi connectivity index (χ0n) is 11.0. The molecule has 114 valence electrons. The average Bonchev–Trinajstić information content (AvgIpc) is 2.42. The number of halogens is 3. The van der Waals surface area contributed by atoms with Gasteiger partial charge in [0, 0.05) is 31.7 Å². The number of nitrogens with zero attached hydrogens (tertiary/aromatic N) is 1. The van der Waals surface area contributed by atoms with Crippen LogP contribution in [0.2, 0.25) is 0 Å². The number of piperazine rings is 1. The van der Waals surface area contributed by atoms with Crippen LogP contribution in [0.25, 0.3) is 0 Å². The summed E-state index contributed by atoms with van der Waals surface area (Å²) in [5.74, 6) is 0.134. The number of benzene rings is 1. The van der Waals surface area contributed by atoms with Gasteiger partial charge in [0.1, 0.15) is 5.75 Å². The zero-order valence-corrected chi connectivity index (χ0v) is 11.8. The standard InChI is InChI=1S/C13H18F2N2O2.ClH/c14-13(15)19-12-4-2-1-3-10(12)11(9-18)17-7-5-16-6-8-17;/h1-4,11,13,16,18H,5-9H2;1H/t11-;/m1./s1. The summed E-state index contributed by atoms with van der Waals surface area (Å²) < 4.78 is 29.3. The first-order valence-corrected chi connectivity index (χ1v) is 6.31. The molecule has 0 unspecified atom stereocenters. The van der Waals surface area contributed by atoms with Crippen LogP contribution in [0.3, 0.4) is 0 Å². The van der Waals surface area contributed by atoms with Crippen molar-refractivity contribution in [2.45, 2.75) is 12.7 Å². The molecule has 20 heavy (non-hydrogen) atoms. The van der Waals surface area contributed by atoms with Gasteiger partial charge >= 0.3 is 6.61 Å². The number of para-hydroxylation sites is 1. The Kier molecular flexibility index (Phi) is 7.15. The largest absolute Gasteiger partial charge is 0.434 e. The number of aliphatic hydroxyl groups is 1. The number of alkyl halides is 2. The molecule has 0 spiro atoms. The SMILES string of the molecule is Cl.OC[C@H](c1ccccc1OC(F)F)N1CCNCC1. The first-order valence-electron chi connectivity index (χ1n) is 6.31. The van der Waals surface area contributed by atoms with Crippen molar-refractivity contribution in [2.24, 2.45) is 0 Å². The number of nitrogens with one attached hydrogen (secondary N) is 1. The fourth-order valence-corrected chi connectivity index (χ4v) is 2.36. The van der Waals surface area contributed by atoms with Gasteiger partial charge in [-0.05, 0) is 6.07 Å². The highest BCUT2D eigenvalue weighted by molar-refractivity contribution is 5.85. The van der Waals surface area contributed by atoms with Gasteiger partial charge in [0.05, 0.1) is 12.6 Å². The molecule has 4 nitrogen and oxygen atoms in total. The van der Waals surface area contributed by atoms with E-state index in [1.807, 2.05) is 0 Å². The topological polar surface area (TPSA) is 44.7 Å². The highest BCUT2D eigenvalue weighted by atomic mass is 35.5. The molecule has 0 aliphatic carbocycles. The van der Waals surface area contributed by atoms with E-state index >= 15 is 0 Å². The number of ether oxygens (including phenoxy) is 1. The van der Waals surface area contributed by atoms with Gasteiger partial charge in [-0.15, -0.1) is 12.4 Å². The second-order valence-corrected chi connectivity index (χ2v) is 4.40. The van der Waals surface area contributed by atoms with E-state index in [4.69, 9.17) is 0 Å². The van der Waals surface area contributed by atoms with Crippen molar-refractivity contribution in [2.75, 3.05) is 32.8 Å². The minimum atomic E-state index is -2.86. The number of hydrogen-bond donors (Lipinski definition) is 2. The molecule has 0 aromatic heterocycles. The molecule has 7 heteroatoms. The molecule has 0 amide bonds. The van der Waals surface area contributed by atoms with E-state index in [-0.39, 0.29) is 30.8 Å². The summed E-state index contributed by atoms with van der Waals surface area (Å²) in [5, 5.41) is 12.8. The Morgan fingerprint density at radius 3 is 2.50 bits per heavy atom. The Labute approximate surface area is 123 Å². The maximum Gasteiger partial charge on any atom is 0.387 e. The fraction of sp³-hybridized carbons (Fsp3) is 0.538. The van der Waals surface area contributed by atoms with E-state index in [0.717, 1.165) is 26.2 Å². The Morgan fingerprint density at radius 1 is 1.25 bits per heavy atom. The van der Waals surface area contributed by atoms with Crippen LogP contribution in [0.1, 0.15) is 11.6 Å². The molecule has 0 bridgehead atoms. The summed E-state index contributed by atoms with van der Waals surface area (Å²) in [5.41, 5.74) is 0.604. The van der Waals surface area contributed by atoms with Crippen LogP contribution in [-0.4, -0.2) is 49.4 Å². The molecule has 0 radical (unpaired) electrons. The third-order valence-electron chi connectivity index (χ3n) is 3.26. The summed E-state index contributed by atoms with van der Waals surface area (Å²) in [7, 11) is 0. The second kappa shape index (κ2) is 8.36. The Bertz CT molecular complexity index is 404. The predicted molar refractivity (Wildman–Crippen MR) is 74.6 cm³/mol. The van der Waals surface area contributed by atoms with Crippen LogP contribution < -0.4 is 10.1 Å². The van der Waals surface area contributed by atoms with Crippen LogP contribution in [0.5, 0.6) is 5.75 Å². The third-order valence-corrected chi connectivity index (χ3v) is 3.26. The minimum absolute atomic E-state index is 0. The Hall–Kier alpha value is -0.950. The molecule has 1 heterocycles. The van der Waals surface area contributed by atoms with Crippen molar-refractivity contribution in [1.29, 1.82) is 0 Å². The lowest BCUT2D eigenvalue weighted by Crippen LogP contribution is -2.46. The monoisotopic (exact) mass is 308 g/mol. The van der Waals surface area contributed by atoms with Crippen molar-refractivity contribution >= 4 is 12.4 Å². The molecule has 2 N–H and O–H groups in total. The van der Waals surface area contributed by atoms with Crippen molar-refractivity contribution in [3.8, 4) is 5.75 Å². The van der Waals surface area contributed by atoms with Crippen molar-refractivity contribution in [1.82, 2.24) is 10.2 Å². The smallest absolute Gasteiger partial charge is 0.387 e. The zero-order chi connectivity index (χ0) is 13.7. The van der Waals surface area contributed by atoms with Gasteiger partial charge in [0.25, 0.3) is 0 Å². The van der Waals surface area contributed by atoms with Gasteiger partial charge in [-0.25, -0.2) is 0 Å². The first-order chi connectivity index (χ1) is 9.22. The van der Waals surface area contributed by atoms with Crippen LogP contribution in [0, 0.1) is 0 Å². The summed E-state index contributed by atoms with van der Waals surface area (Å²) in [6.45, 7) is 0.220. The minimum Gasteiger partial charge on any atom is -0.434 e. The Balaban J connectivity index is 0.00000200. The molecule has 1 aromatic rings. The van der Waals surface area contributed by atoms with E-state index in [1.165, 1.54) is 6.07 Å². The molecule has 1 fully saturated rings. The van der Waals surface area contributed by atoms with E-state index in [2.05, 4.69) is 15.0 Å². The molecule has 2 rings (SSSR count). The van der Waals surface area contributed by atoms with E-state index in [9.17, 15) is 13.9 Å². The lowest BCUT2D eigenvalue weighted by Gasteiger charge is -2.34. The summed E-state index contributed by atoms with van der Waals surface area (Å²) in [6.07, 6.45) is 0. The van der Waals surface area contributed by atoms with Crippen molar-refractivity contribution in [3.63, 3.8) is 0 Å². The molecule has 1 saturated heterocycles. The maximum absolute atomic E-state index is 12.4. The van der Waals surface area contributed by atoms with Crippen LogP contribution in [0.4, 0.5) is 8.78 Å². The third kappa shape index (κ3) is 4.28. The number of hydrogen-bond acceptors (Lipinski definition) is 4. The highest BCUT2D eigenvalue weighted by Crippen LogP contribution is 2.30. The molecule has 1 atom stereocenters. The molecule has 1 aliphatic heterocycles. The molecular weight excluding hydrogens is 290 g/mol. The number of rotatable bonds is 5. The van der Waals surface area contributed by atoms with E-state index < -0.39 is 6.61 Å². The first kappa shape index (κ1) is 17.1. The maximum atomic E-state index is 12.4. The quantitative estimate of drug-likeness (QED) is 0.868. The molecule has 1 aliphatic rings. The normalized spacial score (nSPS) is 17.6. The predicted octanol–water partition coefficient (Wildman–Crippen LogP) is 1.65. The van der Waals surface area contributed by atoms with Gasteiger partial charge in [0.15, 0.2) is 0 Å². The van der Waals surface area contributed by atoms with Crippen LogP contribution >= 0.6 is 12.4 Å². The number of aliphatic hydroxyl groups excluding tert-OH is 1. The molecular formula is C13H19ClF2N2O2. The second-order valence-electron chi connectivity index (χ2n) is 4.40. The van der Waals surface area contributed by atoms with Crippen LogP contribution in [0.15, 0.2) is 24.3 Å². The lowest BCUT2D eigenvalue weighted by atomic mass is 10.0. The molecule has 0 saturated carbocycles. The summed E-state index contributed by atoms with van der Waals surface area (Å²) >= 11 is 0. The highest BCUT2D eigenvalue weighted by Gasteiger charge is 2.24. The summed E-state index contributed by atoms with van der Waals surface area (Å²) in [4.78, 5) is 2.07. The molecule has 1 aromatic carbocycles. The van der Waals surface area contributed by atoms with E-state index in [1.54, 1.807) is 18.2 Å². The lowest BCUT2D eigenvalue weighted by molar-refractivity contribution is -0.0516. The van der Waals surface area contributed by atoms with E-state index in [0.29, 0.717) is 5.56 Å². The average molecular weight is 309 g/mol. The van der Waals surface area contributed by atoms with Gasteiger partial charge < -0.3 is 15.2 Å². The van der Waals surface area contributed by atoms with Crippen LogP contribution in [-0.2, 0) is 0 Å². The van der Waals surface area contributed by atoms with Gasteiger partial charge in [-0.3, -0.25) is 4.90 Å². The fourth-order valence-electron chi connectivity index (χ4n) is 2.36. The Morgan fingerprint density at radius 2 is 1.90 bits per heavy atom.